The fourth-order valence-corrected chi connectivity index (χ4v) is 2.84. The number of fused-ring (bicyclic) bond motifs is 1. The van der Waals surface area contributed by atoms with Crippen molar-refractivity contribution in [3.8, 4) is 0 Å². The van der Waals surface area contributed by atoms with Crippen molar-refractivity contribution in [3.05, 3.63) is 79.6 Å². The first kappa shape index (κ1) is 19.1. The molecule has 0 radical (unpaired) electrons. The molecule has 0 bridgehead atoms. The summed E-state index contributed by atoms with van der Waals surface area (Å²) in [5, 5.41) is 5.57. The number of rotatable bonds is 3. The zero-order valence-electron chi connectivity index (χ0n) is 15.4. The topological polar surface area (TPSA) is 139 Å². The molecule has 0 saturated carbocycles. The number of carbonyl (C=O) groups is 2. The van der Waals surface area contributed by atoms with Crippen molar-refractivity contribution in [2.24, 2.45) is 19.8 Å². The van der Waals surface area contributed by atoms with E-state index >= 15 is 0 Å². The number of hydrogen-bond donors (Lipinski definition) is 3. The molecule has 1 aliphatic rings. The van der Waals surface area contributed by atoms with E-state index in [1.54, 1.807) is 38.4 Å². The van der Waals surface area contributed by atoms with Gasteiger partial charge in [0, 0.05) is 32.8 Å². The number of nitrogens with two attached hydrogens (primary N) is 1. The number of imide groups is 1. The van der Waals surface area contributed by atoms with Crippen LogP contribution in [-0.4, -0.2) is 36.3 Å². The lowest BCUT2D eigenvalue weighted by atomic mass is 10.1. The van der Waals surface area contributed by atoms with Crippen LogP contribution in [0.1, 0.15) is 32.1 Å². The smallest absolute Gasteiger partial charge is 0.266 e. The van der Waals surface area contributed by atoms with Gasteiger partial charge in [-0.25, -0.2) is 0 Å². The van der Waals surface area contributed by atoms with Crippen molar-refractivity contribution in [2.75, 3.05) is 0 Å². The highest BCUT2D eigenvalue weighted by molar-refractivity contribution is 6.21. The summed E-state index contributed by atoms with van der Waals surface area (Å²) < 4.78 is 2.69. The maximum Gasteiger partial charge on any atom is 0.266 e. The molecule has 1 aromatic carbocycles. The van der Waals surface area contributed by atoms with E-state index in [0.717, 1.165) is 10.6 Å². The molecule has 0 spiro atoms. The molecule has 4 rings (SSSR count). The molecule has 0 unspecified atom stereocenters. The number of benzene rings is 1. The van der Waals surface area contributed by atoms with Crippen LogP contribution in [0.3, 0.4) is 0 Å². The van der Waals surface area contributed by atoms with Gasteiger partial charge in [0.05, 0.1) is 29.1 Å². The first-order valence-electron chi connectivity index (χ1n) is 8.47. The van der Waals surface area contributed by atoms with Crippen LogP contribution in [0.25, 0.3) is 0 Å². The number of aromatic amines is 2. The highest BCUT2D eigenvalue weighted by Crippen LogP contribution is 2.23. The van der Waals surface area contributed by atoms with Crippen LogP contribution < -0.4 is 16.9 Å². The molecule has 0 aliphatic carbocycles. The van der Waals surface area contributed by atoms with E-state index in [4.69, 9.17) is 5.73 Å². The molecule has 0 fully saturated rings. The Labute approximate surface area is 159 Å². The van der Waals surface area contributed by atoms with Gasteiger partial charge in [-0.2, -0.15) is 0 Å². The summed E-state index contributed by atoms with van der Waals surface area (Å²) in [6.07, 6.45) is 0. The fraction of sp³-hybridized carbons (Fsp3) is 0.222. The van der Waals surface area contributed by atoms with E-state index < -0.39 is 0 Å². The lowest BCUT2D eigenvalue weighted by molar-refractivity contribution is 0.0640. The Hall–Kier alpha value is -3.66. The van der Waals surface area contributed by atoms with Crippen molar-refractivity contribution in [2.45, 2.75) is 13.1 Å². The standard InChI is InChI=1S/C13H11N3O3.C5H9N3O/c1-15-11(17)6-8(14-15)7-16-12(18)9-4-2-3-5-10(9)13(16)19;1-8-5(9)2-4(3-6)7-8/h2-6,14H,7H2,1H3;2,7H,3,6H2,1H3. The second-order valence-electron chi connectivity index (χ2n) is 6.30. The predicted molar refractivity (Wildman–Crippen MR) is 101 cm³/mol. The van der Waals surface area contributed by atoms with Crippen LogP contribution in [0, 0.1) is 0 Å². The second kappa shape index (κ2) is 7.53. The Morgan fingerprint density at radius 3 is 1.64 bits per heavy atom. The second-order valence-corrected chi connectivity index (χ2v) is 6.30. The van der Waals surface area contributed by atoms with E-state index in [1.165, 1.54) is 21.5 Å². The number of nitrogens with zero attached hydrogens (tertiary/aromatic N) is 3. The molecule has 146 valence electrons. The molecule has 0 atom stereocenters. The minimum Gasteiger partial charge on any atom is -0.325 e. The van der Waals surface area contributed by atoms with Crippen molar-refractivity contribution < 1.29 is 9.59 Å². The van der Waals surface area contributed by atoms with Gasteiger partial charge < -0.3 is 5.73 Å². The quantitative estimate of drug-likeness (QED) is 0.531. The maximum atomic E-state index is 12.1. The largest absolute Gasteiger partial charge is 0.325 e. The number of amides is 2. The first-order chi connectivity index (χ1) is 13.3. The summed E-state index contributed by atoms with van der Waals surface area (Å²) in [5.41, 5.74) is 7.11. The van der Waals surface area contributed by atoms with Crippen molar-refractivity contribution in [1.29, 1.82) is 0 Å². The third-order valence-electron chi connectivity index (χ3n) is 4.31. The molecule has 1 aliphatic heterocycles. The van der Waals surface area contributed by atoms with E-state index in [0.29, 0.717) is 23.4 Å². The highest BCUT2D eigenvalue weighted by atomic mass is 16.2. The van der Waals surface area contributed by atoms with Gasteiger partial charge in [-0.05, 0) is 12.1 Å². The van der Waals surface area contributed by atoms with E-state index in [9.17, 15) is 19.2 Å². The Balaban J connectivity index is 0.000000211. The number of aryl methyl sites for hydroxylation is 2. The first-order valence-corrected chi connectivity index (χ1v) is 8.47. The number of nitrogens with one attached hydrogen (secondary N) is 2. The molecular formula is C18H20N6O4. The Morgan fingerprint density at radius 1 is 0.821 bits per heavy atom. The fourth-order valence-electron chi connectivity index (χ4n) is 2.84. The van der Waals surface area contributed by atoms with Gasteiger partial charge in [0.15, 0.2) is 0 Å². The van der Waals surface area contributed by atoms with Gasteiger partial charge in [0.25, 0.3) is 22.9 Å². The van der Waals surface area contributed by atoms with Crippen LogP contribution in [0.5, 0.6) is 0 Å². The minimum absolute atomic E-state index is 0.0459. The van der Waals surface area contributed by atoms with Gasteiger partial charge in [0.2, 0.25) is 0 Å². The predicted octanol–water partition coefficient (Wildman–Crippen LogP) is -0.318. The molecule has 3 heterocycles. The zero-order valence-corrected chi connectivity index (χ0v) is 15.4. The number of H-pyrrole nitrogens is 2. The van der Waals surface area contributed by atoms with Crippen LogP contribution in [-0.2, 0) is 27.2 Å². The highest BCUT2D eigenvalue weighted by Gasteiger charge is 2.35. The normalized spacial score (nSPS) is 12.8. The number of hydrogen-bond acceptors (Lipinski definition) is 5. The molecular weight excluding hydrogens is 364 g/mol. The van der Waals surface area contributed by atoms with Gasteiger partial charge in [-0.1, -0.05) is 12.1 Å². The Bertz CT molecular complexity index is 1110. The van der Waals surface area contributed by atoms with E-state index in [-0.39, 0.29) is 29.5 Å². The van der Waals surface area contributed by atoms with Crippen LogP contribution in [0.4, 0.5) is 0 Å². The minimum atomic E-state index is -0.328. The SMILES string of the molecule is Cn1[nH]c(CN)cc1=O.Cn1[nH]c(CN2C(=O)c3ccccc3C2=O)cc1=O. The summed E-state index contributed by atoms with van der Waals surface area (Å²) in [5.74, 6) is -0.657. The average molecular weight is 384 g/mol. The third-order valence-corrected chi connectivity index (χ3v) is 4.31. The molecule has 2 amide bonds. The van der Waals surface area contributed by atoms with Crippen molar-refractivity contribution >= 4 is 11.8 Å². The van der Waals surface area contributed by atoms with Crippen molar-refractivity contribution in [3.63, 3.8) is 0 Å². The lowest BCUT2D eigenvalue weighted by Gasteiger charge is -2.11. The molecule has 28 heavy (non-hydrogen) atoms. The lowest BCUT2D eigenvalue weighted by Crippen LogP contribution is -2.29. The third kappa shape index (κ3) is 3.58. The van der Waals surface area contributed by atoms with Gasteiger partial charge in [-0.15, -0.1) is 0 Å². The summed E-state index contributed by atoms with van der Waals surface area (Å²) in [4.78, 5) is 47.4. The molecule has 10 heteroatoms. The van der Waals surface area contributed by atoms with Gasteiger partial charge in [0.1, 0.15) is 0 Å². The van der Waals surface area contributed by atoms with Crippen molar-refractivity contribution in [1.82, 2.24) is 24.5 Å². The molecule has 2 aromatic heterocycles. The van der Waals surface area contributed by atoms with Crippen LogP contribution in [0.15, 0.2) is 46.0 Å². The summed E-state index contributed by atoms with van der Waals surface area (Å²) in [7, 11) is 3.23. The molecule has 10 nitrogen and oxygen atoms in total. The molecule has 0 saturated heterocycles. The summed E-state index contributed by atoms with van der Waals surface area (Å²) in [6.45, 7) is 0.457. The zero-order chi connectivity index (χ0) is 20.4. The molecule has 4 N–H and O–H groups in total. The Morgan fingerprint density at radius 2 is 1.29 bits per heavy atom. The average Bonchev–Trinajstić information content (AvgIpc) is 3.26. The Kier molecular flexibility index (Phi) is 5.14. The maximum absolute atomic E-state index is 12.1. The van der Waals surface area contributed by atoms with Crippen LogP contribution in [0.2, 0.25) is 0 Å². The van der Waals surface area contributed by atoms with Gasteiger partial charge in [-0.3, -0.25) is 43.6 Å². The number of aromatic nitrogens is 4. The molecule has 3 aromatic rings. The summed E-state index contributed by atoms with van der Waals surface area (Å²) in [6, 6.07) is 9.56. The van der Waals surface area contributed by atoms with E-state index in [1.807, 2.05) is 0 Å². The summed E-state index contributed by atoms with van der Waals surface area (Å²) >= 11 is 0. The number of carbonyl (C=O) groups excluding carboxylic acids is 2. The van der Waals surface area contributed by atoms with Crippen LogP contribution >= 0.6 is 0 Å². The van der Waals surface area contributed by atoms with E-state index in [2.05, 4.69) is 10.2 Å². The monoisotopic (exact) mass is 384 g/mol. The van der Waals surface area contributed by atoms with Gasteiger partial charge >= 0.3 is 0 Å².